The first-order valence-electron chi connectivity index (χ1n) is 13.2. The van der Waals surface area contributed by atoms with Gasteiger partial charge in [-0.1, -0.05) is 18.7 Å². The first-order valence-corrected chi connectivity index (χ1v) is 14.4. The molecule has 3 amide bonds. The van der Waals surface area contributed by atoms with Gasteiger partial charge in [0.1, 0.15) is 17.7 Å². The Balaban J connectivity index is 5.92. The number of ether oxygens (including phenoxy) is 2. The Hall–Kier alpha value is -2.18. The zero-order valence-electron chi connectivity index (χ0n) is 25.2. The molecule has 12 heteroatoms. The van der Waals surface area contributed by atoms with Crippen molar-refractivity contribution in [3.05, 3.63) is 0 Å². The molecule has 0 spiro atoms. The number of aliphatic hydroxyl groups is 1. The van der Waals surface area contributed by atoms with Crippen LogP contribution in [0.3, 0.4) is 0 Å². The van der Waals surface area contributed by atoms with Crippen molar-refractivity contribution in [1.82, 2.24) is 16.0 Å². The molecule has 0 aromatic heterocycles. The lowest BCUT2D eigenvalue weighted by Gasteiger charge is -2.33. The zero-order chi connectivity index (χ0) is 30.6. The Morgan fingerprint density at radius 1 is 0.923 bits per heavy atom. The van der Waals surface area contributed by atoms with Crippen LogP contribution in [0.4, 0.5) is 0 Å². The van der Waals surface area contributed by atoms with Crippen molar-refractivity contribution in [2.75, 3.05) is 33.1 Å². The summed E-state index contributed by atoms with van der Waals surface area (Å²) in [6.45, 7) is 13.3. The van der Waals surface area contributed by atoms with Gasteiger partial charge in [-0.2, -0.15) is 0 Å². The van der Waals surface area contributed by atoms with Gasteiger partial charge in [-0.15, -0.1) is 0 Å². The lowest BCUT2D eigenvalue weighted by atomic mass is 9.77. The number of hydrogen-bond acceptors (Lipinski definition) is 9. The van der Waals surface area contributed by atoms with E-state index in [0.29, 0.717) is 19.6 Å². The van der Waals surface area contributed by atoms with Gasteiger partial charge >= 0.3 is 5.97 Å². The van der Waals surface area contributed by atoms with Crippen molar-refractivity contribution >= 4 is 40.6 Å². The summed E-state index contributed by atoms with van der Waals surface area (Å²) in [7, 11) is 1.52. The summed E-state index contributed by atoms with van der Waals surface area (Å²) in [6, 6.07) is 0. The molecule has 39 heavy (non-hydrogen) atoms. The average Bonchev–Trinajstić information content (AvgIpc) is 2.83. The quantitative estimate of drug-likeness (QED) is 0.150. The van der Waals surface area contributed by atoms with Crippen LogP contribution in [0, 0.1) is 17.3 Å². The van der Waals surface area contributed by atoms with E-state index < -0.39 is 52.2 Å². The van der Waals surface area contributed by atoms with Crippen LogP contribution in [0.1, 0.15) is 74.7 Å². The van der Waals surface area contributed by atoms with Crippen molar-refractivity contribution in [2.45, 2.75) is 91.8 Å². The largest absolute Gasteiger partial charge is 0.463 e. The number of rotatable bonds is 17. The molecule has 11 nitrogen and oxygen atoms in total. The van der Waals surface area contributed by atoms with Gasteiger partial charge in [0.05, 0.1) is 18.1 Å². The number of carbonyl (C=O) groups excluding carboxylic acids is 5. The Morgan fingerprint density at radius 3 is 1.95 bits per heavy atom. The number of esters is 1. The van der Waals surface area contributed by atoms with Crippen LogP contribution in [0.25, 0.3) is 0 Å². The molecule has 0 rings (SSSR count). The van der Waals surface area contributed by atoms with Gasteiger partial charge in [-0.3, -0.25) is 24.0 Å². The smallest absolute Gasteiger partial charge is 0.311 e. The standard InChI is InChI=1S/C27H49N3O8S/c1-11-18(20(32)29-26(5,6)22(34)28-12-13-37-9)14-19(21(33)30-27(7,8)24(36)39-10)15-25(3,4)23(35)38-16-17(2)31/h17-19,31H,11-16H2,1-10H3,(H,28,34)(H,29,32)(H,30,33). The van der Waals surface area contributed by atoms with E-state index in [1.54, 1.807) is 54.7 Å². The molecule has 0 heterocycles. The molecule has 0 aromatic carbocycles. The third kappa shape index (κ3) is 12.7. The second kappa shape index (κ2) is 16.2. The fourth-order valence-corrected chi connectivity index (χ4v) is 4.41. The second-order valence-electron chi connectivity index (χ2n) is 11.5. The van der Waals surface area contributed by atoms with Gasteiger partial charge in [-0.25, -0.2) is 0 Å². The van der Waals surface area contributed by atoms with E-state index >= 15 is 0 Å². The summed E-state index contributed by atoms with van der Waals surface area (Å²) in [4.78, 5) is 64.5. The molecule has 0 bridgehead atoms. The predicted molar refractivity (Wildman–Crippen MR) is 151 cm³/mol. The highest BCUT2D eigenvalue weighted by Gasteiger charge is 2.40. The van der Waals surface area contributed by atoms with Crippen LogP contribution < -0.4 is 16.0 Å². The maximum atomic E-state index is 13.5. The van der Waals surface area contributed by atoms with Crippen LogP contribution in [0.15, 0.2) is 0 Å². The molecule has 226 valence electrons. The lowest BCUT2D eigenvalue weighted by molar-refractivity contribution is -0.158. The highest BCUT2D eigenvalue weighted by Crippen LogP contribution is 2.32. The molecular weight excluding hydrogens is 526 g/mol. The molecule has 0 aliphatic heterocycles. The van der Waals surface area contributed by atoms with Crippen molar-refractivity contribution in [2.24, 2.45) is 17.3 Å². The van der Waals surface area contributed by atoms with Gasteiger partial charge in [0.25, 0.3) is 0 Å². The first kappa shape index (κ1) is 36.8. The van der Waals surface area contributed by atoms with Crippen molar-refractivity contribution in [1.29, 1.82) is 0 Å². The Bertz CT molecular complexity index is 858. The summed E-state index contributed by atoms with van der Waals surface area (Å²) < 4.78 is 10.1. The summed E-state index contributed by atoms with van der Waals surface area (Å²) in [5.74, 6) is -3.33. The number of nitrogens with one attached hydrogen (secondary N) is 3. The van der Waals surface area contributed by atoms with Crippen LogP contribution in [-0.4, -0.2) is 84.2 Å². The van der Waals surface area contributed by atoms with Gasteiger partial charge in [-0.05, 0) is 74.0 Å². The fourth-order valence-electron chi connectivity index (χ4n) is 3.85. The normalized spacial score (nSPS) is 14.5. The summed E-state index contributed by atoms with van der Waals surface area (Å²) in [5, 5.41) is 17.5. The van der Waals surface area contributed by atoms with Gasteiger partial charge in [0.15, 0.2) is 0 Å². The maximum absolute atomic E-state index is 13.5. The number of amides is 3. The van der Waals surface area contributed by atoms with E-state index in [1.165, 1.54) is 14.0 Å². The van der Waals surface area contributed by atoms with E-state index in [1.807, 2.05) is 0 Å². The number of hydrogen-bond donors (Lipinski definition) is 4. The Labute approximate surface area is 237 Å². The topological polar surface area (TPSA) is 160 Å². The fraction of sp³-hybridized carbons (Fsp3) is 0.815. The SMILES string of the molecule is CCC(CC(CC(C)(C)C(=O)OCC(C)O)C(=O)NC(C)(C)C(=O)SC)C(=O)NC(C)(C)C(=O)NCCOC. The first-order chi connectivity index (χ1) is 17.8. The van der Waals surface area contributed by atoms with Crippen LogP contribution in [0.2, 0.25) is 0 Å². The van der Waals surface area contributed by atoms with Crippen LogP contribution in [-0.2, 0) is 33.4 Å². The third-order valence-electron chi connectivity index (χ3n) is 6.29. The number of methoxy groups -OCH3 is 1. The van der Waals surface area contributed by atoms with Gasteiger partial charge < -0.3 is 30.5 Å². The molecule has 3 atom stereocenters. The molecule has 0 aliphatic rings. The van der Waals surface area contributed by atoms with Crippen molar-refractivity contribution < 1.29 is 38.6 Å². The monoisotopic (exact) mass is 575 g/mol. The molecule has 0 aromatic rings. The van der Waals surface area contributed by atoms with Gasteiger partial charge in [0.2, 0.25) is 22.8 Å². The summed E-state index contributed by atoms with van der Waals surface area (Å²) in [6.07, 6.45) is 1.26. The highest BCUT2D eigenvalue weighted by molar-refractivity contribution is 8.13. The summed E-state index contributed by atoms with van der Waals surface area (Å²) in [5.41, 5.74) is -3.51. The highest BCUT2D eigenvalue weighted by atomic mass is 32.2. The number of thioether (sulfide) groups is 1. The number of aliphatic hydroxyl groups excluding tert-OH is 1. The molecule has 4 N–H and O–H groups in total. The molecule has 0 aliphatic carbocycles. The minimum absolute atomic E-state index is 0.0334. The lowest BCUT2D eigenvalue weighted by Crippen LogP contribution is -2.56. The third-order valence-corrected chi connectivity index (χ3v) is 7.18. The zero-order valence-corrected chi connectivity index (χ0v) is 26.0. The minimum atomic E-state index is -1.22. The van der Waals surface area contributed by atoms with Crippen LogP contribution >= 0.6 is 11.8 Å². The molecule has 3 unspecified atom stereocenters. The van der Waals surface area contributed by atoms with E-state index in [0.717, 1.165) is 11.8 Å². The molecule has 0 saturated carbocycles. The molecule has 0 radical (unpaired) electrons. The van der Waals surface area contributed by atoms with E-state index in [2.05, 4.69) is 16.0 Å². The Morgan fingerprint density at radius 2 is 1.46 bits per heavy atom. The molecule has 0 saturated heterocycles. The molecule has 0 fully saturated rings. The van der Waals surface area contributed by atoms with E-state index in [9.17, 15) is 29.1 Å². The van der Waals surface area contributed by atoms with E-state index in [-0.39, 0.29) is 30.5 Å². The van der Waals surface area contributed by atoms with Crippen LogP contribution in [0.5, 0.6) is 0 Å². The second-order valence-corrected chi connectivity index (χ2v) is 12.3. The summed E-state index contributed by atoms with van der Waals surface area (Å²) >= 11 is 0.991. The van der Waals surface area contributed by atoms with E-state index in [4.69, 9.17) is 9.47 Å². The van der Waals surface area contributed by atoms with Crippen molar-refractivity contribution in [3.63, 3.8) is 0 Å². The number of carbonyl (C=O) groups is 5. The molecular formula is C27H49N3O8S. The van der Waals surface area contributed by atoms with Crippen molar-refractivity contribution in [3.8, 4) is 0 Å². The Kier molecular flexibility index (Phi) is 15.3. The minimum Gasteiger partial charge on any atom is -0.463 e. The maximum Gasteiger partial charge on any atom is 0.311 e. The predicted octanol–water partition coefficient (Wildman–Crippen LogP) is 1.80. The van der Waals surface area contributed by atoms with Gasteiger partial charge in [0, 0.05) is 25.5 Å². The average molecular weight is 576 g/mol.